The fourth-order valence-corrected chi connectivity index (χ4v) is 11.0. The zero-order chi connectivity index (χ0) is 61.8. The number of nitrogens with one attached hydrogen (secondary N) is 2. The lowest BCUT2D eigenvalue weighted by molar-refractivity contribution is 0.405. The largest absolute Gasteiger partial charge is 0.495 e. The van der Waals surface area contributed by atoms with Crippen LogP contribution in [0.2, 0.25) is 0 Å². The second kappa shape index (κ2) is 24.9. The third kappa shape index (κ3) is 14.2. The smallest absolute Gasteiger partial charge is 0.295 e. The maximum atomic E-state index is 12.2. The zero-order valence-corrected chi connectivity index (χ0v) is 49.1. The number of methoxy groups -OCH3 is 6. The third-order valence-corrected chi connectivity index (χ3v) is 16.0. The van der Waals surface area contributed by atoms with Gasteiger partial charge >= 0.3 is 0 Å². The average Bonchev–Trinajstić information content (AvgIpc) is 3.04. The maximum absolute atomic E-state index is 12.2. The molecule has 85 heavy (non-hydrogen) atoms. The summed E-state index contributed by atoms with van der Waals surface area (Å²) in [7, 11) is -10.9. The molecule has 0 bridgehead atoms. The maximum Gasteiger partial charge on any atom is 0.295 e. The highest BCUT2D eigenvalue weighted by atomic mass is 32.2. The Morgan fingerprint density at radius 3 is 0.941 bits per heavy atom. The van der Waals surface area contributed by atoms with E-state index in [-0.39, 0.29) is 85.3 Å². The minimum absolute atomic E-state index is 0.0730. The summed E-state index contributed by atoms with van der Waals surface area (Å²) in [6.07, 6.45) is 0. The highest BCUT2D eigenvalue weighted by Crippen LogP contribution is 2.45. The Hall–Kier alpha value is -9.28. The molecule has 6 N–H and O–H groups in total. The number of benzene rings is 8. The number of fused-ring (bicyclic) bond motifs is 2. The van der Waals surface area contributed by atoms with Gasteiger partial charge in [-0.25, -0.2) is 0 Å². The van der Waals surface area contributed by atoms with E-state index in [1.54, 1.807) is 12.1 Å². The lowest BCUT2D eigenvalue weighted by Crippen LogP contribution is -2.13. The van der Waals surface area contributed by atoms with Crippen molar-refractivity contribution >= 4 is 119 Å². The molecule has 0 unspecified atom stereocenters. The van der Waals surface area contributed by atoms with Crippen molar-refractivity contribution in [2.75, 3.05) is 60.0 Å². The lowest BCUT2D eigenvalue weighted by Gasteiger charge is -2.17. The highest BCUT2D eigenvalue weighted by Gasteiger charge is 2.23. The molecule has 0 heterocycles. The standard InChI is InChI=1S/C53H50N10O18S4/c1-28-13-40(46(76-3)21-38(28)58-62-44-25-48(78-5)42(23-50(44)80-7)60-56-32-11-9-30-15-34(82(64,65)66)19-52(36(30)17-32)84(70,71)72)54-27-55-41-14-29(2)39(22-47(41)77-4)59-63-45-26-49(79-6)43(24-51(45)81-8)61-57-33-12-10-31-16-35(83(67,68)69)20-53(37(31)18-33)85(73,74)75/h9-26,54-55H,27H2,1-8H3,(H,64,65,66)(H,67,68,69)(H,70,71,72)(H,73,74,75)/b60-56+,61-57?,62-58?,63-59?. The molecule has 0 radical (unpaired) electrons. The van der Waals surface area contributed by atoms with Crippen molar-refractivity contribution in [3.8, 4) is 34.5 Å². The molecule has 0 fully saturated rings. The van der Waals surface area contributed by atoms with Gasteiger partial charge in [0.05, 0.1) is 93.2 Å². The van der Waals surface area contributed by atoms with Crippen molar-refractivity contribution in [2.45, 2.75) is 33.4 Å². The van der Waals surface area contributed by atoms with Gasteiger partial charge in [0.15, 0.2) is 0 Å². The normalized spacial score (nSPS) is 12.5. The number of hydrogen-bond donors (Lipinski definition) is 6. The Bertz CT molecular complexity index is 4300. The SMILES string of the molecule is COc1cc(N=Nc2cc(OC)c(NCNc3cc(C)c(N=Nc4cc(OC)c(/N=N/c5ccc6cc(S(=O)(=O)O)cc(S(=O)(=O)O)c6c5)cc4OC)cc3OC)cc2C)c(OC)cc1N=Nc1ccc2cc(S(=O)(=O)O)cc(S(=O)(=O)O)c2c1. The molecular formula is C53H50N10O18S4. The highest BCUT2D eigenvalue weighted by molar-refractivity contribution is 7.87. The molecule has 0 spiro atoms. The zero-order valence-electron chi connectivity index (χ0n) is 45.8. The molecule has 8 aromatic carbocycles. The van der Waals surface area contributed by atoms with Gasteiger partial charge in [-0.15, -0.1) is 20.5 Å². The second-order valence-corrected chi connectivity index (χ2v) is 23.6. The molecule has 0 aliphatic heterocycles. The first-order valence-electron chi connectivity index (χ1n) is 24.3. The number of hydrogen-bond acceptors (Lipinski definition) is 24. The van der Waals surface area contributed by atoms with Crippen LogP contribution in [0.15, 0.2) is 170 Å². The number of ether oxygens (including phenoxy) is 6. The van der Waals surface area contributed by atoms with Crippen LogP contribution in [0.1, 0.15) is 11.1 Å². The molecule has 8 aromatic rings. The molecular weight excluding hydrogens is 1190 g/mol. The van der Waals surface area contributed by atoms with E-state index >= 15 is 0 Å². The number of azo groups is 4. The quantitative estimate of drug-likeness (QED) is 0.0208. The van der Waals surface area contributed by atoms with Gasteiger partial charge in [0.1, 0.15) is 67.0 Å². The van der Waals surface area contributed by atoms with Crippen LogP contribution in [0.4, 0.5) is 56.9 Å². The summed E-state index contributed by atoms with van der Waals surface area (Å²) in [6.45, 7) is 3.86. The van der Waals surface area contributed by atoms with Crippen LogP contribution in [0, 0.1) is 13.8 Å². The average molecular weight is 1240 g/mol. The summed E-state index contributed by atoms with van der Waals surface area (Å²) in [5.41, 5.74) is 4.64. The number of rotatable bonds is 22. The van der Waals surface area contributed by atoms with E-state index in [2.05, 4.69) is 51.5 Å². The summed E-state index contributed by atoms with van der Waals surface area (Å²) in [5, 5.41) is 41.3. The molecule has 0 saturated heterocycles. The van der Waals surface area contributed by atoms with Crippen molar-refractivity contribution in [1.29, 1.82) is 0 Å². The van der Waals surface area contributed by atoms with Gasteiger partial charge in [0.25, 0.3) is 40.5 Å². The van der Waals surface area contributed by atoms with Crippen LogP contribution >= 0.6 is 0 Å². The summed E-state index contributed by atoms with van der Waals surface area (Å²) < 4.78 is 168. The molecule has 8 rings (SSSR count). The summed E-state index contributed by atoms with van der Waals surface area (Å²) in [4.78, 5) is -3.00. The van der Waals surface area contributed by atoms with Crippen LogP contribution in [0.5, 0.6) is 34.5 Å². The Morgan fingerprint density at radius 1 is 0.353 bits per heavy atom. The number of aryl methyl sites for hydroxylation is 2. The Labute approximate surface area is 485 Å². The van der Waals surface area contributed by atoms with Crippen molar-refractivity contribution in [2.24, 2.45) is 40.9 Å². The van der Waals surface area contributed by atoms with Gasteiger partial charge in [0.2, 0.25) is 0 Å². The van der Waals surface area contributed by atoms with Crippen LogP contribution in [0.25, 0.3) is 21.5 Å². The molecule has 0 amide bonds. The van der Waals surface area contributed by atoms with Crippen LogP contribution in [-0.4, -0.2) is 101 Å². The van der Waals surface area contributed by atoms with Gasteiger partial charge in [-0.2, -0.15) is 54.1 Å². The Kier molecular flexibility index (Phi) is 18.1. The number of nitrogens with zero attached hydrogens (tertiary/aromatic N) is 8. The lowest BCUT2D eigenvalue weighted by atomic mass is 10.1. The first kappa shape index (κ1) is 61.8. The van der Waals surface area contributed by atoms with E-state index in [0.29, 0.717) is 57.5 Å². The minimum Gasteiger partial charge on any atom is -0.495 e. The van der Waals surface area contributed by atoms with E-state index in [9.17, 15) is 51.9 Å². The predicted molar refractivity (Wildman–Crippen MR) is 311 cm³/mol. The molecule has 0 saturated carbocycles. The van der Waals surface area contributed by atoms with E-state index < -0.39 is 60.1 Å². The second-order valence-electron chi connectivity index (χ2n) is 18.0. The Morgan fingerprint density at radius 2 is 0.647 bits per heavy atom. The van der Waals surface area contributed by atoms with Crippen LogP contribution in [-0.2, 0) is 40.5 Å². The molecule has 0 atom stereocenters. The fraction of sp³-hybridized carbons (Fsp3) is 0.170. The number of anilines is 2. The van der Waals surface area contributed by atoms with Crippen LogP contribution < -0.4 is 39.1 Å². The summed E-state index contributed by atoms with van der Waals surface area (Å²) in [6, 6.07) is 24.4. The first-order chi connectivity index (χ1) is 40.1. The molecule has 0 aliphatic rings. The summed E-state index contributed by atoms with van der Waals surface area (Å²) >= 11 is 0. The van der Waals surface area contributed by atoms with Gasteiger partial charge in [-0.3, -0.25) is 18.2 Å². The van der Waals surface area contributed by atoms with Gasteiger partial charge in [-0.1, -0.05) is 12.1 Å². The van der Waals surface area contributed by atoms with Crippen LogP contribution in [0.3, 0.4) is 0 Å². The van der Waals surface area contributed by atoms with Crippen molar-refractivity contribution in [1.82, 2.24) is 0 Å². The summed E-state index contributed by atoms with van der Waals surface area (Å²) in [5.74, 6) is 1.72. The molecule has 28 nitrogen and oxygen atoms in total. The van der Waals surface area contributed by atoms with Crippen molar-refractivity contribution in [3.63, 3.8) is 0 Å². The van der Waals surface area contributed by atoms with E-state index in [1.165, 1.54) is 103 Å². The minimum atomic E-state index is -4.95. The van der Waals surface area contributed by atoms with E-state index in [1.807, 2.05) is 26.0 Å². The van der Waals surface area contributed by atoms with Crippen molar-refractivity contribution in [3.05, 3.63) is 120 Å². The van der Waals surface area contributed by atoms with Crippen molar-refractivity contribution < 1.29 is 80.3 Å². The molecule has 0 aliphatic carbocycles. The van der Waals surface area contributed by atoms with Gasteiger partial charge in [-0.05, 0) is 96.4 Å². The van der Waals surface area contributed by atoms with E-state index in [0.717, 1.165) is 12.1 Å². The van der Waals surface area contributed by atoms with Gasteiger partial charge < -0.3 is 39.1 Å². The first-order valence-corrected chi connectivity index (χ1v) is 30.0. The topological polar surface area (TPSA) is 396 Å². The third-order valence-electron chi connectivity index (χ3n) is 12.5. The molecule has 32 heteroatoms. The monoisotopic (exact) mass is 1240 g/mol. The molecule has 444 valence electrons. The predicted octanol–water partition coefficient (Wildman–Crippen LogP) is 12.8. The van der Waals surface area contributed by atoms with Gasteiger partial charge in [0, 0.05) is 47.2 Å². The molecule has 0 aromatic heterocycles. The fourth-order valence-electron chi connectivity index (χ4n) is 8.32. The Balaban J connectivity index is 0.952. The van der Waals surface area contributed by atoms with E-state index in [4.69, 9.17) is 28.4 Å².